The van der Waals surface area contributed by atoms with Gasteiger partial charge in [0, 0.05) is 56.0 Å². The molecule has 0 atom stereocenters. The summed E-state index contributed by atoms with van der Waals surface area (Å²) in [6, 6.07) is 25.9. The molecule has 0 saturated carbocycles. The van der Waals surface area contributed by atoms with E-state index in [4.69, 9.17) is 9.97 Å². The zero-order chi connectivity index (χ0) is 33.1. The summed E-state index contributed by atoms with van der Waals surface area (Å²) in [4.78, 5) is 52.6. The number of amides is 2. The molecule has 6 rings (SSSR count). The van der Waals surface area contributed by atoms with Gasteiger partial charge in [-0.1, -0.05) is 42.5 Å². The van der Waals surface area contributed by atoms with Gasteiger partial charge in [-0.15, -0.1) is 0 Å². The van der Waals surface area contributed by atoms with Crippen LogP contribution in [0.1, 0.15) is 27.2 Å². The second-order valence-electron chi connectivity index (χ2n) is 11.5. The molecule has 0 aliphatic carbocycles. The van der Waals surface area contributed by atoms with Gasteiger partial charge in [0.25, 0.3) is 11.5 Å². The molecule has 11 nitrogen and oxygen atoms in total. The van der Waals surface area contributed by atoms with Gasteiger partial charge in [0.2, 0.25) is 11.9 Å². The van der Waals surface area contributed by atoms with Gasteiger partial charge >= 0.3 is 0 Å². The van der Waals surface area contributed by atoms with Gasteiger partial charge in [-0.2, -0.15) is 4.98 Å². The van der Waals surface area contributed by atoms with Crippen LogP contribution in [0.15, 0.2) is 101 Å². The molecule has 47 heavy (non-hydrogen) atoms. The summed E-state index contributed by atoms with van der Waals surface area (Å²) in [5, 5.41) is 3.57. The van der Waals surface area contributed by atoms with Crippen molar-refractivity contribution in [1.82, 2.24) is 24.8 Å². The molecule has 0 radical (unpaired) electrons. The molecular weight excluding hydrogens is 616 g/mol. The summed E-state index contributed by atoms with van der Waals surface area (Å²) in [7, 11) is -3.30. The van der Waals surface area contributed by atoms with Crippen molar-refractivity contribution in [3.05, 3.63) is 124 Å². The van der Waals surface area contributed by atoms with Crippen molar-refractivity contribution in [2.45, 2.75) is 24.8 Å². The van der Waals surface area contributed by atoms with Crippen molar-refractivity contribution in [2.75, 3.05) is 37.3 Å². The van der Waals surface area contributed by atoms with E-state index in [1.165, 1.54) is 22.8 Å². The smallest absolute Gasteiger partial charge is 0.256 e. The summed E-state index contributed by atoms with van der Waals surface area (Å²) in [6.07, 6.45) is 1.51. The van der Waals surface area contributed by atoms with Crippen LogP contribution in [0.25, 0.3) is 16.7 Å². The number of sulfone groups is 1. The Bertz CT molecular complexity index is 2110. The monoisotopic (exact) mass is 650 g/mol. The molecule has 2 amide bonds. The zero-order valence-corrected chi connectivity index (χ0v) is 26.9. The number of benzene rings is 3. The lowest BCUT2D eigenvalue weighted by atomic mass is 10.1. The molecule has 3 heterocycles. The quantitative estimate of drug-likeness (QED) is 0.271. The summed E-state index contributed by atoms with van der Waals surface area (Å²) in [5.41, 5.74) is 3.61. The normalized spacial score (nSPS) is 13.5. The molecular formula is C35H34N6O5S. The topological polar surface area (TPSA) is 135 Å². The number of fused-ring (bicyclic) bond motifs is 1. The Morgan fingerprint density at radius 2 is 1.49 bits per heavy atom. The fourth-order valence-electron chi connectivity index (χ4n) is 5.58. The van der Waals surface area contributed by atoms with E-state index in [2.05, 4.69) is 5.32 Å². The number of nitrogens with one attached hydrogen (secondary N) is 1. The average molecular weight is 651 g/mol. The molecule has 2 aromatic heterocycles. The number of nitrogens with zero attached hydrogens (tertiary/aromatic N) is 5. The Hall–Kier alpha value is -5.36. The number of aromatic nitrogens is 3. The Labute approximate surface area is 272 Å². The number of hydrogen-bond acceptors (Lipinski definition) is 8. The van der Waals surface area contributed by atoms with Gasteiger partial charge in [0.05, 0.1) is 22.7 Å². The third-order valence-corrected chi connectivity index (χ3v) is 9.36. The molecule has 240 valence electrons. The van der Waals surface area contributed by atoms with Gasteiger partial charge in [-0.05, 0) is 60.5 Å². The zero-order valence-electron chi connectivity index (χ0n) is 26.1. The fraction of sp³-hybridized carbons (Fsp3) is 0.229. The second kappa shape index (κ2) is 13.2. The molecule has 0 spiro atoms. The van der Waals surface area contributed by atoms with Crippen LogP contribution in [-0.4, -0.2) is 72.1 Å². The predicted molar refractivity (Wildman–Crippen MR) is 180 cm³/mol. The predicted octanol–water partition coefficient (Wildman–Crippen LogP) is 3.31. The fourth-order valence-corrected chi connectivity index (χ4v) is 6.21. The molecule has 1 N–H and O–H groups in total. The summed E-state index contributed by atoms with van der Waals surface area (Å²) in [6.45, 7) is 4.32. The minimum Gasteiger partial charge on any atom is -0.348 e. The SMILES string of the molecule is Cc1nc(N2CCN(C(=O)Cc3ccccc3)CC2)nc2c1ccc(=O)n2-c1ccc(C(=O)NCc2ccc(S(C)(=O)=O)cc2)cc1. The van der Waals surface area contributed by atoms with Crippen molar-refractivity contribution in [2.24, 2.45) is 0 Å². The van der Waals surface area contributed by atoms with Gasteiger partial charge in [0.15, 0.2) is 15.5 Å². The lowest BCUT2D eigenvalue weighted by Gasteiger charge is -2.35. The Morgan fingerprint density at radius 3 is 2.15 bits per heavy atom. The van der Waals surface area contributed by atoms with Crippen LogP contribution in [-0.2, 0) is 27.6 Å². The minimum absolute atomic E-state index is 0.0840. The number of carbonyl (C=O) groups excluding carboxylic acids is 2. The van der Waals surface area contributed by atoms with E-state index < -0.39 is 9.84 Å². The highest BCUT2D eigenvalue weighted by Crippen LogP contribution is 2.22. The van der Waals surface area contributed by atoms with Crippen molar-refractivity contribution in [3.63, 3.8) is 0 Å². The van der Waals surface area contributed by atoms with E-state index in [-0.39, 0.29) is 28.8 Å². The van der Waals surface area contributed by atoms with Gasteiger partial charge in [0.1, 0.15) is 0 Å². The Morgan fingerprint density at radius 1 is 0.809 bits per heavy atom. The van der Waals surface area contributed by atoms with Crippen molar-refractivity contribution >= 4 is 38.6 Å². The maximum absolute atomic E-state index is 13.2. The van der Waals surface area contributed by atoms with Crippen LogP contribution in [0.2, 0.25) is 0 Å². The molecule has 0 unspecified atom stereocenters. The number of aryl methyl sites for hydroxylation is 1. The highest BCUT2D eigenvalue weighted by molar-refractivity contribution is 7.90. The van der Waals surface area contributed by atoms with Crippen LogP contribution in [0.4, 0.5) is 5.95 Å². The largest absolute Gasteiger partial charge is 0.348 e. The Balaban J connectivity index is 1.17. The first kappa shape index (κ1) is 31.6. The average Bonchev–Trinajstić information content (AvgIpc) is 3.07. The number of piperazine rings is 1. The molecule has 12 heteroatoms. The molecule has 1 fully saturated rings. The van der Waals surface area contributed by atoms with Crippen molar-refractivity contribution < 1.29 is 18.0 Å². The van der Waals surface area contributed by atoms with Crippen LogP contribution >= 0.6 is 0 Å². The first-order valence-electron chi connectivity index (χ1n) is 15.2. The highest BCUT2D eigenvalue weighted by atomic mass is 32.2. The highest BCUT2D eigenvalue weighted by Gasteiger charge is 2.24. The van der Waals surface area contributed by atoms with Crippen LogP contribution < -0.4 is 15.8 Å². The van der Waals surface area contributed by atoms with E-state index in [1.54, 1.807) is 42.5 Å². The second-order valence-corrected chi connectivity index (χ2v) is 13.5. The van der Waals surface area contributed by atoms with Crippen LogP contribution in [0, 0.1) is 6.92 Å². The molecule has 0 bridgehead atoms. The summed E-state index contributed by atoms with van der Waals surface area (Å²) in [5.74, 6) is 0.265. The molecule has 1 aliphatic rings. The molecule has 5 aromatic rings. The third kappa shape index (κ3) is 7.07. The number of carbonyl (C=O) groups is 2. The van der Waals surface area contributed by atoms with E-state index in [0.29, 0.717) is 55.4 Å². The standard InChI is InChI=1S/C35H34N6O5S/c1-24-30-16-17-31(42)41(28-12-10-27(11-13-28)34(44)36-23-26-8-14-29(15-9-26)47(2,45)46)33(30)38-35(37-24)40-20-18-39(19-21-40)32(43)22-25-6-4-3-5-7-25/h3-17H,18-23H2,1-2H3,(H,36,44). The van der Waals surface area contributed by atoms with Gasteiger partial charge in [-0.3, -0.25) is 19.0 Å². The lowest BCUT2D eigenvalue weighted by molar-refractivity contribution is -0.130. The first-order valence-corrected chi connectivity index (χ1v) is 17.1. The summed E-state index contributed by atoms with van der Waals surface area (Å²) < 4.78 is 24.9. The van der Waals surface area contributed by atoms with Crippen LogP contribution in [0.5, 0.6) is 0 Å². The van der Waals surface area contributed by atoms with Crippen molar-refractivity contribution in [3.8, 4) is 5.69 Å². The number of pyridine rings is 1. The number of rotatable bonds is 8. The maximum atomic E-state index is 13.2. The van der Waals surface area contributed by atoms with Gasteiger partial charge in [-0.25, -0.2) is 13.4 Å². The van der Waals surface area contributed by atoms with E-state index in [0.717, 1.165) is 28.5 Å². The number of anilines is 1. The van der Waals surface area contributed by atoms with E-state index in [9.17, 15) is 22.8 Å². The summed E-state index contributed by atoms with van der Waals surface area (Å²) >= 11 is 0. The minimum atomic E-state index is -3.30. The van der Waals surface area contributed by atoms with Gasteiger partial charge < -0.3 is 15.1 Å². The first-order chi connectivity index (χ1) is 22.6. The number of hydrogen-bond donors (Lipinski definition) is 1. The van der Waals surface area contributed by atoms with Crippen molar-refractivity contribution in [1.29, 1.82) is 0 Å². The van der Waals surface area contributed by atoms with Crippen LogP contribution in [0.3, 0.4) is 0 Å². The van der Waals surface area contributed by atoms with E-state index >= 15 is 0 Å². The molecule has 1 saturated heterocycles. The maximum Gasteiger partial charge on any atom is 0.256 e. The molecule has 1 aliphatic heterocycles. The third-order valence-electron chi connectivity index (χ3n) is 8.23. The lowest BCUT2D eigenvalue weighted by Crippen LogP contribution is -2.49. The van der Waals surface area contributed by atoms with E-state index in [1.807, 2.05) is 47.1 Å². The Kier molecular flexibility index (Phi) is 8.86. The molecule has 3 aromatic carbocycles.